The van der Waals surface area contributed by atoms with Gasteiger partial charge < -0.3 is 5.73 Å². The molecule has 0 aliphatic rings. The molecule has 0 fully saturated rings. The third-order valence-corrected chi connectivity index (χ3v) is 2.19. The van der Waals surface area contributed by atoms with Crippen LogP contribution in [0.25, 0.3) is 0 Å². The van der Waals surface area contributed by atoms with Crippen LogP contribution in [0.5, 0.6) is 0 Å². The summed E-state index contributed by atoms with van der Waals surface area (Å²) in [4.78, 5) is 4.21. The lowest BCUT2D eigenvalue weighted by Crippen LogP contribution is -2.19. The van der Waals surface area contributed by atoms with Gasteiger partial charge in [0.15, 0.2) is 0 Å². The first kappa shape index (κ1) is 11.5. The van der Waals surface area contributed by atoms with Crippen LogP contribution in [0, 0.1) is 5.41 Å². The van der Waals surface area contributed by atoms with E-state index in [-0.39, 0.29) is 11.5 Å². The van der Waals surface area contributed by atoms with Crippen LogP contribution in [0.1, 0.15) is 38.9 Å². The number of halogens is 1. The van der Waals surface area contributed by atoms with Gasteiger partial charge in [0, 0.05) is 12.2 Å². The quantitative estimate of drug-likeness (QED) is 0.818. The first-order chi connectivity index (χ1) is 6.38. The van der Waals surface area contributed by atoms with E-state index in [9.17, 15) is 0 Å². The summed E-state index contributed by atoms with van der Waals surface area (Å²) >= 11 is 5.75. The van der Waals surface area contributed by atoms with E-state index < -0.39 is 0 Å². The monoisotopic (exact) mass is 212 g/mol. The molecular weight excluding hydrogens is 196 g/mol. The first-order valence-corrected chi connectivity index (χ1v) is 5.13. The van der Waals surface area contributed by atoms with Crippen molar-refractivity contribution in [1.29, 1.82) is 0 Å². The van der Waals surface area contributed by atoms with Gasteiger partial charge >= 0.3 is 0 Å². The normalized spacial score (nSPS) is 14.1. The Bertz CT molecular complexity index is 287. The van der Waals surface area contributed by atoms with Gasteiger partial charge in [0.25, 0.3) is 0 Å². The second kappa shape index (κ2) is 4.28. The minimum Gasteiger partial charge on any atom is -0.323 e. The molecule has 1 rings (SSSR count). The number of nitrogens with two attached hydrogens (primary N) is 1. The van der Waals surface area contributed by atoms with Crippen molar-refractivity contribution in [2.45, 2.75) is 33.2 Å². The molecular formula is C11H17ClN2. The predicted octanol–water partition coefficient (Wildman–Crippen LogP) is 3.17. The van der Waals surface area contributed by atoms with Crippen LogP contribution < -0.4 is 5.73 Å². The van der Waals surface area contributed by atoms with Crippen LogP contribution in [-0.4, -0.2) is 4.98 Å². The van der Waals surface area contributed by atoms with Gasteiger partial charge in [-0.25, -0.2) is 0 Å². The van der Waals surface area contributed by atoms with Crippen molar-refractivity contribution in [3.63, 3.8) is 0 Å². The van der Waals surface area contributed by atoms with E-state index in [1.807, 2.05) is 12.1 Å². The average molecular weight is 213 g/mol. The summed E-state index contributed by atoms with van der Waals surface area (Å²) in [5, 5.41) is 0.650. The van der Waals surface area contributed by atoms with Gasteiger partial charge in [-0.05, 0) is 24.0 Å². The fraction of sp³-hybridized carbons (Fsp3) is 0.545. The summed E-state index contributed by atoms with van der Waals surface area (Å²) in [6.07, 6.45) is 2.56. The van der Waals surface area contributed by atoms with Crippen molar-refractivity contribution in [2.24, 2.45) is 11.1 Å². The maximum Gasteiger partial charge on any atom is 0.0589 e. The minimum atomic E-state index is -0.00716. The van der Waals surface area contributed by atoms with Crippen molar-refractivity contribution in [2.75, 3.05) is 0 Å². The molecule has 0 spiro atoms. The lowest BCUT2D eigenvalue weighted by molar-refractivity contribution is 0.340. The molecule has 78 valence electrons. The summed E-state index contributed by atoms with van der Waals surface area (Å²) in [5.74, 6) is 0. The van der Waals surface area contributed by atoms with Crippen molar-refractivity contribution in [3.8, 4) is 0 Å². The van der Waals surface area contributed by atoms with E-state index >= 15 is 0 Å². The molecule has 1 atom stereocenters. The molecule has 0 radical (unpaired) electrons. The van der Waals surface area contributed by atoms with Gasteiger partial charge in [-0.15, -0.1) is 0 Å². The molecule has 1 aromatic heterocycles. The Hall–Kier alpha value is -0.600. The first-order valence-electron chi connectivity index (χ1n) is 4.75. The van der Waals surface area contributed by atoms with E-state index in [0.717, 1.165) is 12.1 Å². The topological polar surface area (TPSA) is 38.9 Å². The fourth-order valence-electron chi connectivity index (χ4n) is 1.37. The molecule has 0 amide bonds. The van der Waals surface area contributed by atoms with Crippen molar-refractivity contribution >= 4 is 11.6 Å². The number of nitrogens with zero attached hydrogens (tertiary/aromatic N) is 1. The Kier molecular flexibility index (Phi) is 3.51. The number of rotatable bonds is 2. The molecule has 2 N–H and O–H groups in total. The largest absolute Gasteiger partial charge is 0.323 e. The highest BCUT2D eigenvalue weighted by molar-refractivity contribution is 6.30. The summed E-state index contributed by atoms with van der Waals surface area (Å²) in [5.41, 5.74) is 7.16. The molecule has 3 heteroatoms. The van der Waals surface area contributed by atoms with Crippen molar-refractivity contribution < 1.29 is 0 Å². The second-order valence-electron chi connectivity index (χ2n) is 4.77. The maximum atomic E-state index is 6.03. The van der Waals surface area contributed by atoms with Crippen LogP contribution >= 0.6 is 11.6 Å². The second-order valence-corrected chi connectivity index (χ2v) is 5.21. The van der Waals surface area contributed by atoms with Crippen LogP contribution in [0.15, 0.2) is 18.3 Å². The summed E-state index contributed by atoms with van der Waals surface area (Å²) in [7, 11) is 0. The summed E-state index contributed by atoms with van der Waals surface area (Å²) < 4.78 is 0. The fourth-order valence-corrected chi connectivity index (χ4v) is 1.48. The molecule has 0 aliphatic heterocycles. The molecule has 14 heavy (non-hydrogen) atoms. The number of pyridine rings is 1. The predicted molar refractivity (Wildman–Crippen MR) is 60.2 cm³/mol. The molecule has 2 nitrogen and oxygen atoms in total. The highest BCUT2D eigenvalue weighted by atomic mass is 35.5. The smallest absolute Gasteiger partial charge is 0.0589 e. The molecule has 1 unspecified atom stereocenters. The van der Waals surface area contributed by atoms with Crippen molar-refractivity contribution in [1.82, 2.24) is 4.98 Å². The Morgan fingerprint density at radius 2 is 2.07 bits per heavy atom. The van der Waals surface area contributed by atoms with Crippen LogP contribution in [0.2, 0.25) is 5.02 Å². The van der Waals surface area contributed by atoms with E-state index in [4.69, 9.17) is 17.3 Å². The Balaban J connectivity index is 2.70. The number of aromatic nitrogens is 1. The maximum absolute atomic E-state index is 6.03. The third kappa shape index (κ3) is 3.64. The van der Waals surface area contributed by atoms with Gasteiger partial charge in [0.2, 0.25) is 0 Å². The van der Waals surface area contributed by atoms with Gasteiger partial charge in [-0.2, -0.15) is 0 Å². The van der Waals surface area contributed by atoms with Gasteiger partial charge in [0.05, 0.1) is 10.7 Å². The van der Waals surface area contributed by atoms with Crippen LogP contribution in [0.3, 0.4) is 0 Å². The summed E-state index contributed by atoms with van der Waals surface area (Å²) in [6, 6.07) is 3.71. The molecule has 0 aromatic carbocycles. The zero-order chi connectivity index (χ0) is 10.8. The van der Waals surface area contributed by atoms with Gasteiger partial charge in [-0.1, -0.05) is 32.4 Å². The molecule has 1 heterocycles. The van der Waals surface area contributed by atoms with E-state index in [1.54, 1.807) is 6.20 Å². The van der Waals surface area contributed by atoms with Crippen molar-refractivity contribution in [3.05, 3.63) is 29.0 Å². The number of hydrogen-bond acceptors (Lipinski definition) is 2. The minimum absolute atomic E-state index is 0.00716. The van der Waals surface area contributed by atoms with E-state index in [2.05, 4.69) is 25.8 Å². The molecule has 0 aliphatic carbocycles. The third-order valence-electron chi connectivity index (χ3n) is 1.96. The zero-order valence-electron chi connectivity index (χ0n) is 8.92. The van der Waals surface area contributed by atoms with E-state index in [0.29, 0.717) is 5.02 Å². The molecule has 0 bridgehead atoms. The van der Waals surface area contributed by atoms with Gasteiger partial charge in [-0.3, -0.25) is 4.98 Å². The molecule has 1 aromatic rings. The molecule has 0 saturated carbocycles. The molecule has 0 saturated heterocycles. The van der Waals surface area contributed by atoms with Crippen LogP contribution in [0.4, 0.5) is 0 Å². The highest BCUT2D eigenvalue weighted by Gasteiger charge is 2.17. The SMILES string of the molecule is CC(C)(C)CC(N)c1ccc(Cl)cn1. The van der Waals surface area contributed by atoms with Crippen LogP contribution in [-0.2, 0) is 0 Å². The van der Waals surface area contributed by atoms with Gasteiger partial charge in [0.1, 0.15) is 0 Å². The Morgan fingerprint density at radius 1 is 1.43 bits per heavy atom. The average Bonchev–Trinajstić information content (AvgIpc) is 2.02. The standard InChI is InChI=1S/C11H17ClN2/c1-11(2,3)6-9(13)10-5-4-8(12)7-14-10/h4-5,7,9H,6,13H2,1-3H3. The Morgan fingerprint density at radius 3 is 2.50 bits per heavy atom. The lowest BCUT2D eigenvalue weighted by atomic mass is 9.87. The van der Waals surface area contributed by atoms with E-state index in [1.165, 1.54) is 0 Å². The summed E-state index contributed by atoms with van der Waals surface area (Å²) in [6.45, 7) is 6.51. The lowest BCUT2D eigenvalue weighted by Gasteiger charge is -2.22. The zero-order valence-corrected chi connectivity index (χ0v) is 9.67. The Labute approximate surface area is 90.5 Å². The highest BCUT2D eigenvalue weighted by Crippen LogP contribution is 2.26. The number of hydrogen-bond donors (Lipinski definition) is 1.